The number of esters is 2. The molecule has 2 aliphatic rings. The van der Waals surface area contributed by atoms with Crippen LogP contribution in [0.25, 0.3) is 10.4 Å². The van der Waals surface area contributed by atoms with Gasteiger partial charge in [0.15, 0.2) is 0 Å². The minimum atomic E-state index is -1.05. The van der Waals surface area contributed by atoms with Gasteiger partial charge in [-0.1, -0.05) is 55.4 Å². The van der Waals surface area contributed by atoms with E-state index in [0.29, 0.717) is 11.1 Å². The van der Waals surface area contributed by atoms with Gasteiger partial charge in [-0.05, 0) is 42.3 Å². The van der Waals surface area contributed by atoms with Crippen LogP contribution < -0.4 is 0 Å². The normalized spacial score (nSPS) is 31.4. The number of benzene rings is 2. The zero-order valence-electron chi connectivity index (χ0n) is 24.9. The second-order valence-corrected chi connectivity index (χ2v) is 12.2. The maximum absolute atomic E-state index is 12.3. The van der Waals surface area contributed by atoms with E-state index in [4.69, 9.17) is 24.5 Å². The summed E-state index contributed by atoms with van der Waals surface area (Å²) in [4.78, 5) is 27.1. The molecule has 0 spiro atoms. The minimum Gasteiger partial charge on any atom is -0.455 e. The summed E-state index contributed by atoms with van der Waals surface area (Å²) in [7, 11) is 0. The molecule has 2 heterocycles. The predicted octanol–water partition coefficient (Wildman–Crippen LogP) is 3.90. The molecular weight excluding hydrogens is 610 g/mol. The summed E-state index contributed by atoms with van der Waals surface area (Å²) < 4.78 is 22.3. The second-order valence-electron chi connectivity index (χ2n) is 10.3. The highest BCUT2D eigenvalue weighted by Gasteiger charge is 2.46. The average molecular weight is 650 g/mol. The summed E-state index contributed by atoms with van der Waals surface area (Å²) in [5.74, 6) is -1.35. The first-order chi connectivity index (χ1) is 21.2. The number of hydrogen-bond acceptors (Lipinski definition) is 12. The quantitative estimate of drug-likeness (QED) is 0.155. The van der Waals surface area contributed by atoms with E-state index >= 15 is 0 Å². The number of ether oxygens (including phenoxy) is 4. The van der Waals surface area contributed by atoms with Crippen molar-refractivity contribution in [3.63, 3.8) is 0 Å². The van der Waals surface area contributed by atoms with E-state index in [0.717, 1.165) is 0 Å². The third-order valence-corrected chi connectivity index (χ3v) is 9.43. The largest absolute Gasteiger partial charge is 0.455 e. The lowest BCUT2D eigenvalue weighted by Gasteiger charge is -2.42. The van der Waals surface area contributed by atoms with Crippen molar-refractivity contribution >= 4 is 35.5 Å². The maximum atomic E-state index is 12.3. The van der Waals surface area contributed by atoms with Crippen molar-refractivity contribution in [1.29, 1.82) is 0 Å². The molecule has 0 amide bonds. The van der Waals surface area contributed by atoms with Gasteiger partial charge in [0.25, 0.3) is 0 Å². The van der Waals surface area contributed by atoms with Crippen LogP contribution in [0.15, 0.2) is 65.8 Å². The number of aliphatic hydroxyl groups is 3. The summed E-state index contributed by atoms with van der Waals surface area (Å²) >= 11 is 2.93. The molecule has 0 radical (unpaired) electrons. The minimum absolute atomic E-state index is 0.0131. The molecule has 2 aliphatic heterocycles. The van der Waals surface area contributed by atoms with Gasteiger partial charge < -0.3 is 34.3 Å². The topological polar surface area (TPSA) is 181 Å². The molecular formula is C30H39N3O9S2. The molecule has 2 saturated heterocycles. The Morgan fingerprint density at radius 1 is 0.818 bits per heavy atom. The fraction of sp³-hybridized carbons (Fsp3) is 0.533. The lowest BCUT2D eigenvalue weighted by molar-refractivity contribution is -0.182. The number of rotatable bonds is 9. The highest BCUT2D eigenvalue weighted by Crippen LogP contribution is 2.35. The molecule has 44 heavy (non-hydrogen) atoms. The van der Waals surface area contributed by atoms with E-state index in [1.807, 2.05) is 38.5 Å². The van der Waals surface area contributed by atoms with Gasteiger partial charge in [-0.3, -0.25) is 0 Å². The molecule has 240 valence electrons. The molecule has 2 fully saturated rings. The van der Waals surface area contributed by atoms with Crippen molar-refractivity contribution in [3.8, 4) is 0 Å². The molecule has 4 rings (SSSR count). The molecule has 14 heteroatoms. The van der Waals surface area contributed by atoms with Crippen LogP contribution in [-0.4, -0.2) is 100 Å². The lowest BCUT2D eigenvalue weighted by atomic mass is 9.93. The summed E-state index contributed by atoms with van der Waals surface area (Å²) in [5.41, 5.74) is 8.81. The van der Waals surface area contributed by atoms with Gasteiger partial charge in [-0.2, -0.15) is 0 Å². The van der Waals surface area contributed by atoms with Crippen LogP contribution in [0.3, 0.4) is 0 Å². The Bertz CT molecular complexity index is 1220. The van der Waals surface area contributed by atoms with Gasteiger partial charge in [-0.15, -0.1) is 23.5 Å². The number of carbonyl (C=O) groups is 2. The Morgan fingerprint density at radius 3 is 1.61 bits per heavy atom. The third kappa shape index (κ3) is 9.11. The first-order valence-corrected chi connectivity index (χ1v) is 16.6. The van der Waals surface area contributed by atoms with Crippen molar-refractivity contribution in [2.75, 3.05) is 25.7 Å². The van der Waals surface area contributed by atoms with Gasteiger partial charge in [0.2, 0.25) is 0 Å². The van der Waals surface area contributed by atoms with Crippen LogP contribution in [0.1, 0.15) is 34.6 Å². The number of aliphatic hydroxyl groups excluding tert-OH is 3. The summed E-state index contributed by atoms with van der Waals surface area (Å²) in [5, 5.41) is 33.4. The standard InChI is InChI=1S/C15H19N3O4S.C15H20O5S/c1-9-13(22-14(20)10-6-4-3-5-7-10)12(19)11(8-17-18-16)21-15(9)23-2;1-9-13(12(17)11(8-16)19-15(9)21-2)20-14(18)10-6-4-3-5-7-10/h3-7,9,11-13,15,19H,8H2,1-2H3;3-7,9,11-13,15-17H,8H2,1-2H3/t2*9?,11?,12-,13-,15+/m11/s1. The Hall–Kier alpha value is -2.81. The van der Waals surface area contributed by atoms with Crippen LogP contribution in [0, 0.1) is 11.8 Å². The Morgan fingerprint density at radius 2 is 1.23 bits per heavy atom. The molecule has 12 nitrogen and oxygen atoms in total. The first-order valence-electron chi connectivity index (χ1n) is 14.0. The van der Waals surface area contributed by atoms with Crippen molar-refractivity contribution in [2.45, 2.75) is 61.3 Å². The smallest absolute Gasteiger partial charge is 0.338 e. The first kappa shape index (κ1) is 35.7. The van der Waals surface area contributed by atoms with Gasteiger partial charge in [0.1, 0.15) is 41.4 Å². The number of thioether (sulfide) groups is 2. The zero-order chi connectivity index (χ0) is 32.2. The Balaban J connectivity index is 0.000000241. The molecule has 10 atom stereocenters. The van der Waals surface area contributed by atoms with Crippen LogP contribution in [-0.2, 0) is 18.9 Å². The molecule has 0 bridgehead atoms. The van der Waals surface area contributed by atoms with E-state index < -0.39 is 48.6 Å². The summed E-state index contributed by atoms with van der Waals surface area (Å²) in [6.45, 7) is 3.39. The highest BCUT2D eigenvalue weighted by molar-refractivity contribution is 7.99. The Labute approximate surface area is 265 Å². The van der Waals surface area contributed by atoms with E-state index in [2.05, 4.69) is 10.0 Å². The maximum Gasteiger partial charge on any atom is 0.338 e. The highest BCUT2D eigenvalue weighted by atomic mass is 32.2. The molecule has 2 aromatic rings. The number of hydrogen-bond donors (Lipinski definition) is 3. The monoisotopic (exact) mass is 649 g/mol. The van der Waals surface area contributed by atoms with Crippen molar-refractivity contribution in [3.05, 3.63) is 82.2 Å². The van der Waals surface area contributed by atoms with Gasteiger partial charge in [0, 0.05) is 16.7 Å². The molecule has 4 unspecified atom stereocenters. The number of carbonyl (C=O) groups excluding carboxylic acids is 2. The Kier molecular flexibility index (Phi) is 14.3. The fourth-order valence-electron chi connectivity index (χ4n) is 4.95. The number of azide groups is 1. The van der Waals surface area contributed by atoms with Crippen LogP contribution in [0.5, 0.6) is 0 Å². The van der Waals surface area contributed by atoms with Crippen LogP contribution in [0.2, 0.25) is 0 Å². The van der Waals surface area contributed by atoms with E-state index in [1.54, 1.807) is 48.5 Å². The second kappa shape index (κ2) is 17.6. The van der Waals surface area contributed by atoms with Gasteiger partial charge in [-0.25, -0.2) is 9.59 Å². The van der Waals surface area contributed by atoms with Crippen LogP contribution in [0.4, 0.5) is 0 Å². The van der Waals surface area contributed by atoms with E-state index in [9.17, 15) is 24.9 Å². The van der Waals surface area contributed by atoms with Crippen LogP contribution >= 0.6 is 23.5 Å². The van der Waals surface area contributed by atoms with E-state index in [-0.39, 0.29) is 35.9 Å². The van der Waals surface area contributed by atoms with E-state index in [1.165, 1.54) is 23.5 Å². The van der Waals surface area contributed by atoms with Crippen molar-refractivity contribution in [1.82, 2.24) is 0 Å². The average Bonchev–Trinajstić information content (AvgIpc) is 3.05. The molecule has 3 N–H and O–H groups in total. The summed E-state index contributed by atoms with van der Waals surface area (Å²) in [6, 6.07) is 17.2. The SMILES string of the molecule is CS[C@@H]1OC(CN=[N+]=[N-])[C@@H](O)[C@H](OC(=O)c2ccccc2)C1C.CS[C@@H]1OC(CO)[C@@H](O)[C@H](OC(=O)c2ccccc2)C1C. The molecule has 0 saturated carbocycles. The van der Waals surface area contributed by atoms with Crippen molar-refractivity contribution < 1.29 is 43.9 Å². The van der Waals surface area contributed by atoms with Gasteiger partial charge in [0.05, 0.1) is 30.4 Å². The van der Waals surface area contributed by atoms with Crippen molar-refractivity contribution in [2.24, 2.45) is 17.0 Å². The molecule has 0 aromatic heterocycles. The third-order valence-electron chi connectivity index (χ3n) is 7.42. The molecule has 2 aromatic carbocycles. The predicted molar refractivity (Wildman–Crippen MR) is 167 cm³/mol. The van der Waals surface area contributed by atoms with Gasteiger partial charge >= 0.3 is 11.9 Å². The number of nitrogens with zero attached hydrogens (tertiary/aromatic N) is 3. The molecule has 0 aliphatic carbocycles. The summed E-state index contributed by atoms with van der Waals surface area (Å²) in [6.07, 6.45) is -1.22. The lowest BCUT2D eigenvalue weighted by Crippen LogP contribution is -2.55. The fourth-order valence-corrected chi connectivity index (χ4v) is 6.63. The zero-order valence-corrected chi connectivity index (χ0v) is 26.5.